The van der Waals surface area contributed by atoms with Crippen molar-refractivity contribution in [2.24, 2.45) is 0 Å². The van der Waals surface area contributed by atoms with Gasteiger partial charge in [0.25, 0.3) is 0 Å². The van der Waals surface area contributed by atoms with Crippen LogP contribution in [0.4, 0.5) is 13.2 Å². The first kappa shape index (κ1) is 15.1. The lowest BCUT2D eigenvalue weighted by Gasteiger charge is -2.28. The van der Waals surface area contributed by atoms with E-state index in [0.29, 0.717) is 6.04 Å². The molecule has 0 atom stereocenters. The first-order valence-corrected chi connectivity index (χ1v) is 6.71. The minimum Gasteiger partial charge on any atom is -0.319 e. The van der Waals surface area contributed by atoms with E-state index in [4.69, 9.17) is 9.88 Å². The van der Waals surface area contributed by atoms with Crippen molar-refractivity contribution in [2.45, 2.75) is 44.3 Å². The fourth-order valence-electron chi connectivity index (χ4n) is 2.31. The van der Waals surface area contributed by atoms with Gasteiger partial charge in [0.05, 0.1) is 5.56 Å². The van der Waals surface area contributed by atoms with Gasteiger partial charge >= 0.3 is 6.18 Å². The largest absolute Gasteiger partial charge is 0.416 e. The summed E-state index contributed by atoms with van der Waals surface area (Å²) < 4.78 is 37.2. The lowest BCUT2D eigenvalue weighted by Crippen LogP contribution is -2.34. The molecule has 1 fully saturated rings. The Morgan fingerprint density at radius 1 is 1.05 bits per heavy atom. The summed E-state index contributed by atoms with van der Waals surface area (Å²) in [6, 6.07) is 4.74. The molecule has 1 aliphatic rings. The van der Waals surface area contributed by atoms with E-state index in [1.807, 2.05) is 0 Å². The molecule has 112 valence electrons. The molecule has 0 aromatic heterocycles. The molecule has 0 saturated heterocycles. The number of hydrogen-bond acceptors (Lipinski definition) is 3. The van der Waals surface area contributed by atoms with Gasteiger partial charge in [-0.3, -0.25) is 0 Å². The summed E-state index contributed by atoms with van der Waals surface area (Å²) in [5.41, 5.74) is -0.703. The van der Waals surface area contributed by atoms with Crippen molar-refractivity contribution in [1.82, 2.24) is 5.06 Å². The van der Waals surface area contributed by atoms with Crippen LogP contribution in [-0.2, 0) is 11.2 Å². The molecule has 0 bridgehead atoms. The average molecular weight is 289 g/mol. The third kappa shape index (κ3) is 4.11. The fraction of sp³-hybridized carbons (Fsp3) is 0.571. The summed E-state index contributed by atoms with van der Waals surface area (Å²) in [6.45, 7) is 0. The molecule has 3 nitrogen and oxygen atoms in total. The highest BCUT2D eigenvalue weighted by Gasteiger charge is 2.30. The molecule has 1 aromatic rings. The SMILES string of the molecule is CN(OOc1ccc(C(F)(F)F)cc1)C1CCCCC1. The average Bonchev–Trinajstić information content (AvgIpc) is 2.45. The maximum atomic E-state index is 12.4. The van der Waals surface area contributed by atoms with Crippen LogP contribution in [0.1, 0.15) is 37.7 Å². The standard InChI is InChI=1S/C14H18F3NO2/c1-18(12-5-3-2-4-6-12)20-19-13-9-7-11(8-10-13)14(15,16)17/h7-10,12H,2-6H2,1H3. The molecule has 0 radical (unpaired) electrons. The van der Waals surface area contributed by atoms with Crippen LogP contribution in [0.2, 0.25) is 0 Å². The zero-order valence-corrected chi connectivity index (χ0v) is 11.3. The summed E-state index contributed by atoms with van der Waals surface area (Å²) in [4.78, 5) is 10.2. The van der Waals surface area contributed by atoms with Crippen LogP contribution >= 0.6 is 0 Å². The van der Waals surface area contributed by atoms with Crippen LogP contribution in [0.15, 0.2) is 24.3 Å². The predicted octanol–water partition coefficient (Wildman–Crippen LogP) is 4.20. The van der Waals surface area contributed by atoms with Crippen LogP contribution in [0, 0.1) is 0 Å². The first-order valence-electron chi connectivity index (χ1n) is 6.71. The van der Waals surface area contributed by atoms with Crippen molar-refractivity contribution in [2.75, 3.05) is 7.05 Å². The van der Waals surface area contributed by atoms with Gasteiger partial charge in [0, 0.05) is 13.1 Å². The van der Waals surface area contributed by atoms with Gasteiger partial charge in [-0.05, 0) is 37.1 Å². The third-order valence-electron chi connectivity index (χ3n) is 3.52. The third-order valence-corrected chi connectivity index (χ3v) is 3.52. The van der Waals surface area contributed by atoms with Crippen molar-refractivity contribution in [3.05, 3.63) is 29.8 Å². The molecule has 20 heavy (non-hydrogen) atoms. The highest BCUT2D eigenvalue weighted by molar-refractivity contribution is 5.28. The molecule has 0 heterocycles. The quantitative estimate of drug-likeness (QED) is 0.612. The zero-order valence-electron chi connectivity index (χ0n) is 11.3. The van der Waals surface area contributed by atoms with Crippen LogP contribution in [-0.4, -0.2) is 18.2 Å². The van der Waals surface area contributed by atoms with Crippen molar-refractivity contribution in [3.8, 4) is 5.75 Å². The number of hydrogen-bond donors (Lipinski definition) is 0. The monoisotopic (exact) mass is 289 g/mol. The number of hydroxylamine groups is 2. The van der Waals surface area contributed by atoms with Crippen LogP contribution in [0.3, 0.4) is 0 Å². The topological polar surface area (TPSA) is 21.7 Å². The van der Waals surface area contributed by atoms with Gasteiger partial charge in [-0.15, -0.1) is 5.06 Å². The molecule has 0 N–H and O–H groups in total. The van der Waals surface area contributed by atoms with Gasteiger partial charge in [-0.25, -0.2) is 0 Å². The van der Waals surface area contributed by atoms with Gasteiger partial charge in [0.2, 0.25) is 0 Å². The lowest BCUT2D eigenvalue weighted by atomic mass is 9.96. The molecule has 2 rings (SSSR count). The summed E-state index contributed by atoms with van der Waals surface area (Å²) >= 11 is 0. The van der Waals surface area contributed by atoms with Gasteiger partial charge in [-0.2, -0.15) is 13.2 Å². The molecule has 1 aliphatic carbocycles. The Hall–Kier alpha value is -1.27. The normalized spacial score (nSPS) is 17.4. The summed E-state index contributed by atoms with van der Waals surface area (Å²) in [5, 5.41) is 1.64. The molecule has 0 unspecified atom stereocenters. The van der Waals surface area contributed by atoms with E-state index >= 15 is 0 Å². The van der Waals surface area contributed by atoms with Crippen molar-refractivity contribution in [3.63, 3.8) is 0 Å². The maximum Gasteiger partial charge on any atom is 0.416 e. The maximum absolute atomic E-state index is 12.4. The molecule has 0 aliphatic heterocycles. The number of benzene rings is 1. The molecule has 1 saturated carbocycles. The fourth-order valence-corrected chi connectivity index (χ4v) is 2.31. The van der Waals surface area contributed by atoms with Gasteiger partial charge in [-0.1, -0.05) is 24.3 Å². The van der Waals surface area contributed by atoms with E-state index < -0.39 is 11.7 Å². The van der Waals surface area contributed by atoms with E-state index in [1.165, 1.54) is 31.4 Å². The summed E-state index contributed by atoms with van der Waals surface area (Å²) in [7, 11) is 1.78. The van der Waals surface area contributed by atoms with Gasteiger partial charge in [0.15, 0.2) is 5.75 Å². The minimum absolute atomic E-state index is 0.251. The van der Waals surface area contributed by atoms with E-state index in [9.17, 15) is 13.2 Å². The van der Waals surface area contributed by atoms with Crippen molar-refractivity contribution >= 4 is 0 Å². The van der Waals surface area contributed by atoms with E-state index in [-0.39, 0.29) is 5.75 Å². The zero-order chi connectivity index (χ0) is 14.6. The predicted molar refractivity (Wildman–Crippen MR) is 67.8 cm³/mol. The highest BCUT2D eigenvalue weighted by atomic mass is 19.4. The second kappa shape index (κ2) is 6.45. The van der Waals surface area contributed by atoms with Gasteiger partial charge in [0.1, 0.15) is 0 Å². The van der Waals surface area contributed by atoms with Crippen molar-refractivity contribution in [1.29, 1.82) is 0 Å². The van der Waals surface area contributed by atoms with Crippen LogP contribution < -0.4 is 4.89 Å². The Bertz CT molecular complexity index is 413. The Balaban J connectivity index is 1.84. The smallest absolute Gasteiger partial charge is 0.319 e. The molecule has 1 aromatic carbocycles. The second-order valence-corrected chi connectivity index (χ2v) is 5.02. The van der Waals surface area contributed by atoms with Crippen molar-refractivity contribution < 1.29 is 23.0 Å². The number of halogens is 3. The van der Waals surface area contributed by atoms with Gasteiger partial charge < -0.3 is 4.89 Å². The number of alkyl halides is 3. The van der Waals surface area contributed by atoms with Crippen LogP contribution in [0.25, 0.3) is 0 Å². The Morgan fingerprint density at radius 3 is 2.20 bits per heavy atom. The minimum atomic E-state index is -4.34. The first-order chi connectivity index (χ1) is 9.47. The molecule has 0 amide bonds. The molecule has 6 heteroatoms. The Labute approximate surface area is 116 Å². The Morgan fingerprint density at radius 2 is 1.65 bits per heavy atom. The highest BCUT2D eigenvalue weighted by Crippen LogP contribution is 2.30. The second-order valence-electron chi connectivity index (χ2n) is 5.02. The molecule has 0 spiro atoms. The summed E-state index contributed by atoms with van der Waals surface area (Å²) in [6.07, 6.45) is 1.33. The molecular weight excluding hydrogens is 271 g/mol. The van der Waals surface area contributed by atoms with E-state index in [1.54, 1.807) is 12.1 Å². The number of rotatable bonds is 4. The Kier molecular flexibility index (Phi) is 4.88. The summed E-state index contributed by atoms with van der Waals surface area (Å²) in [5.74, 6) is 0.251. The number of nitrogens with zero attached hydrogens (tertiary/aromatic N) is 1. The van der Waals surface area contributed by atoms with E-state index in [0.717, 1.165) is 25.0 Å². The molecular formula is C14H18F3NO2. The van der Waals surface area contributed by atoms with E-state index in [2.05, 4.69) is 0 Å². The lowest BCUT2D eigenvalue weighted by molar-refractivity contribution is -0.373. The van der Waals surface area contributed by atoms with Crippen LogP contribution in [0.5, 0.6) is 5.75 Å².